The summed E-state index contributed by atoms with van der Waals surface area (Å²) in [7, 11) is 1.50. The van der Waals surface area contributed by atoms with Gasteiger partial charge in [-0.05, 0) is 25.0 Å². The van der Waals surface area contributed by atoms with Gasteiger partial charge in [0.25, 0.3) is 0 Å². The topological polar surface area (TPSA) is 80.1 Å². The second kappa shape index (κ2) is 5.69. The minimum absolute atomic E-state index is 0.242. The highest BCUT2D eigenvalue weighted by Gasteiger charge is 2.21. The molecular formula is C14H18FN5O. The number of ether oxygens (including phenoxy) is 1. The number of H-pyrrole nitrogens is 1. The molecule has 1 saturated heterocycles. The Hall–Kier alpha value is -2.15. The van der Waals surface area contributed by atoms with Gasteiger partial charge in [-0.3, -0.25) is 5.10 Å². The number of hydrogen-bond donors (Lipinski definition) is 2. The van der Waals surface area contributed by atoms with E-state index in [1.165, 1.54) is 13.2 Å². The van der Waals surface area contributed by atoms with E-state index in [9.17, 15) is 4.39 Å². The largest absolute Gasteiger partial charge is 0.496 e. The Morgan fingerprint density at radius 2 is 2.14 bits per heavy atom. The van der Waals surface area contributed by atoms with Gasteiger partial charge in [-0.2, -0.15) is 4.98 Å². The maximum absolute atomic E-state index is 14.0. The second-order valence-electron chi connectivity index (χ2n) is 5.13. The van der Waals surface area contributed by atoms with Crippen LogP contribution in [0.5, 0.6) is 5.75 Å². The molecule has 0 amide bonds. The Morgan fingerprint density at radius 3 is 2.86 bits per heavy atom. The second-order valence-corrected chi connectivity index (χ2v) is 5.13. The van der Waals surface area contributed by atoms with Crippen molar-refractivity contribution in [1.29, 1.82) is 0 Å². The molecule has 1 fully saturated rings. The molecule has 3 rings (SSSR count). The van der Waals surface area contributed by atoms with E-state index in [0.717, 1.165) is 25.9 Å². The van der Waals surface area contributed by atoms with E-state index in [-0.39, 0.29) is 6.04 Å². The quantitative estimate of drug-likeness (QED) is 0.897. The van der Waals surface area contributed by atoms with Crippen molar-refractivity contribution in [1.82, 2.24) is 15.2 Å². The van der Waals surface area contributed by atoms with Crippen molar-refractivity contribution < 1.29 is 9.13 Å². The first-order chi connectivity index (χ1) is 10.2. The average molecular weight is 291 g/mol. The Balaban J connectivity index is 1.89. The average Bonchev–Trinajstić information content (AvgIpc) is 2.97. The highest BCUT2D eigenvalue weighted by atomic mass is 19.1. The van der Waals surface area contributed by atoms with Gasteiger partial charge in [0.2, 0.25) is 5.95 Å². The first-order valence-electron chi connectivity index (χ1n) is 6.95. The van der Waals surface area contributed by atoms with E-state index < -0.39 is 5.82 Å². The molecule has 0 atom stereocenters. The molecule has 2 heterocycles. The molecule has 0 spiro atoms. The lowest BCUT2D eigenvalue weighted by molar-refractivity contribution is 0.413. The van der Waals surface area contributed by atoms with Gasteiger partial charge >= 0.3 is 0 Å². The summed E-state index contributed by atoms with van der Waals surface area (Å²) in [6.07, 6.45) is 1.82. The van der Waals surface area contributed by atoms with Crippen LogP contribution in [0.15, 0.2) is 18.2 Å². The van der Waals surface area contributed by atoms with Crippen LogP contribution >= 0.6 is 0 Å². The molecule has 0 bridgehead atoms. The van der Waals surface area contributed by atoms with Crippen molar-refractivity contribution in [3.63, 3.8) is 0 Å². The van der Waals surface area contributed by atoms with Crippen LogP contribution in [0.4, 0.5) is 10.3 Å². The lowest BCUT2D eigenvalue weighted by atomic mass is 10.1. The number of rotatable bonds is 3. The van der Waals surface area contributed by atoms with Gasteiger partial charge < -0.3 is 15.4 Å². The standard InChI is InChI=1S/C14H18FN5O/c1-21-11-4-2-3-10(15)12(11)13-17-14(19-18-13)20-7-5-9(16)6-8-20/h2-4,9H,5-8,16H2,1H3,(H,17,18,19). The molecule has 1 aromatic heterocycles. The first kappa shape index (κ1) is 13.8. The molecule has 0 saturated carbocycles. The van der Waals surface area contributed by atoms with Gasteiger partial charge in [0.15, 0.2) is 5.82 Å². The highest BCUT2D eigenvalue weighted by molar-refractivity contribution is 5.65. The SMILES string of the molecule is COc1cccc(F)c1-c1nc(N2CCC(N)CC2)n[nH]1. The van der Waals surface area contributed by atoms with E-state index in [1.807, 2.05) is 0 Å². The van der Waals surface area contributed by atoms with Crippen LogP contribution in [0.1, 0.15) is 12.8 Å². The molecule has 7 heteroatoms. The molecule has 2 aromatic rings. The molecule has 6 nitrogen and oxygen atoms in total. The maximum atomic E-state index is 14.0. The van der Waals surface area contributed by atoms with Gasteiger partial charge in [0.1, 0.15) is 11.6 Å². The number of nitrogens with one attached hydrogen (secondary N) is 1. The van der Waals surface area contributed by atoms with Crippen LogP contribution in [0.3, 0.4) is 0 Å². The van der Waals surface area contributed by atoms with Crippen molar-refractivity contribution in [2.75, 3.05) is 25.1 Å². The summed E-state index contributed by atoms with van der Waals surface area (Å²) in [4.78, 5) is 6.45. The molecule has 1 aromatic carbocycles. The minimum Gasteiger partial charge on any atom is -0.496 e. The Kier molecular flexibility index (Phi) is 3.74. The third-order valence-electron chi connectivity index (χ3n) is 3.73. The molecule has 0 aliphatic carbocycles. The summed E-state index contributed by atoms with van der Waals surface area (Å²) in [5.74, 6) is 0.980. The van der Waals surface area contributed by atoms with Crippen molar-refractivity contribution in [2.24, 2.45) is 5.73 Å². The van der Waals surface area contributed by atoms with Crippen LogP contribution in [0.25, 0.3) is 11.4 Å². The third-order valence-corrected chi connectivity index (χ3v) is 3.73. The normalized spacial score (nSPS) is 16.2. The zero-order chi connectivity index (χ0) is 14.8. The van der Waals surface area contributed by atoms with Gasteiger partial charge in [0, 0.05) is 19.1 Å². The predicted molar refractivity (Wildman–Crippen MR) is 77.8 cm³/mol. The summed E-state index contributed by atoms with van der Waals surface area (Å²) in [5, 5.41) is 6.98. The summed E-state index contributed by atoms with van der Waals surface area (Å²) < 4.78 is 19.2. The van der Waals surface area contributed by atoms with Crippen molar-refractivity contribution >= 4 is 5.95 Å². The van der Waals surface area contributed by atoms with E-state index in [4.69, 9.17) is 10.5 Å². The smallest absolute Gasteiger partial charge is 0.245 e. The zero-order valence-corrected chi connectivity index (χ0v) is 11.8. The summed E-state index contributed by atoms with van der Waals surface area (Å²) >= 11 is 0. The van der Waals surface area contributed by atoms with E-state index >= 15 is 0 Å². The van der Waals surface area contributed by atoms with Gasteiger partial charge in [0.05, 0.1) is 12.7 Å². The van der Waals surface area contributed by atoms with Crippen LogP contribution in [0, 0.1) is 5.82 Å². The number of methoxy groups -OCH3 is 1. The Morgan fingerprint density at radius 1 is 1.38 bits per heavy atom. The zero-order valence-electron chi connectivity index (χ0n) is 11.8. The number of aromatic nitrogens is 3. The number of anilines is 1. The fourth-order valence-electron chi connectivity index (χ4n) is 2.51. The lowest BCUT2D eigenvalue weighted by Gasteiger charge is -2.28. The maximum Gasteiger partial charge on any atom is 0.245 e. The fraction of sp³-hybridized carbons (Fsp3) is 0.429. The molecule has 1 aliphatic rings. The van der Waals surface area contributed by atoms with Gasteiger partial charge in [-0.1, -0.05) is 6.07 Å². The van der Waals surface area contributed by atoms with Crippen molar-refractivity contribution in [2.45, 2.75) is 18.9 Å². The molecule has 21 heavy (non-hydrogen) atoms. The molecule has 112 valence electrons. The van der Waals surface area contributed by atoms with Crippen LogP contribution in [-0.4, -0.2) is 41.4 Å². The van der Waals surface area contributed by atoms with E-state index in [1.54, 1.807) is 12.1 Å². The van der Waals surface area contributed by atoms with Crippen LogP contribution < -0.4 is 15.4 Å². The monoisotopic (exact) mass is 291 g/mol. The van der Waals surface area contributed by atoms with Gasteiger partial charge in [-0.25, -0.2) is 4.39 Å². The van der Waals surface area contributed by atoms with Crippen molar-refractivity contribution in [3.8, 4) is 17.1 Å². The van der Waals surface area contributed by atoms with Crippen LogP contribution in [0.2, 0.25) is 0 Å². The number of benzene rings is 1. The summed E-state index contributed by atoms with van der Waals surface area (Å²) in [6, 6.07) is 4.91. The van der Waals surface area contributed by atoms with Crippen molar-refractivity contribution in [3.05, 3.63) is 24.0 Å². The predicted octanol–water partition coefficient (Wildman–Crippen LogP) is 1.55. The number of halogens is 1. The first-order valence-corrected chi connectivity index (χ1v) is 6.95. The van der Waals surface area contributed by atoms with Gasteiger partial charge in [-0.15, -0.1) is 5.10 Å². The molecule has 3 N–H and O–H groups in total. The third kappa shape index (κ3) is 2.69. The van der Waals surface area contributed by atoms with E-state index in [0.29, 0.717) is 23.1 Å². The number of nitrogens with zero attached hydrogens (tertiary/aromatic N) is 3. The summed E-state index contributed by atoms with van der Waals surface area (Å²) in [5.41, 5.74) is 6.19. The Bertz CT molecular complexity index is 622. The molecule has 0 radical (unpaired) electrons. The fourth-order valence-corrected chi connectivity index (χ4v) is 2.51. The molecular weight excluding hydrogens is 273 g/mol. The number of aromatic amines is 1. The Labute approximate surface area is 122 Å². The minimum atomic E-state index is -0.391. The lowest BCUT2D eigenvalue weighted by Crippen LogP contribution is -2.40. The molecule has 0 unspecified atom stereocenters. The van der Waals surface area contributed by atoms with Crippen LogP contribution in [-0.2, 0) is 0 Å². The summed E-state index contributed by atoms with van der Waals surface area (Å²) in [6.45, 7) is 1.62. The van der Waals surface area contributed by atoms with E-state index in [2.05, 4.69) is 20.1 Å². The number of hydrogen-bond acceptors (Lipinski definition) is 5. The highest BCUT2D eigenvalue weighted by Crippen LogP contribution is 2.31. The molecule has 1 aliphatic heterocycles. The number of nitrogens with two attached hydrogens (primary N) is 1. The number of piperidine rings is 1.